The Morgan fingerprint density at radius 1 is 1.31 bits per heavy atom. The van der Waals surface area contributed by atoms with Gasteiger partial charge in [-0.3, -0.25) is 4.99 Å². The molecule has 26 heavy (non-hydrogen) atoms. The zero-order chi connectivity index (χ0) is 18.9. The van der Waals surface area contributed by atoms with Gasteiger partial charge in [-0.15, -0.1) is 0 Å². The highest BCUT2D eigenvalue weighted by molar-refractivity contribution is 8.14. The third-order valence-corrected chi connectivity index (χ3v) is 5.16. The van der Waals surface area contributed by atoms with Gasteiger partial charge in [-0.1, -0.05) is 6.07 Å². The van der Waals surface area contributed by atoms with Crippen LogP contribution in [0, 0.1) is 0 Å². The van der Waals surface area contributed by atoms with E-state index in [2.05, 4.69) is 15.2 Å². The maximum absolute atomic E-state index is 12.0. The molecule has 1 N–H and O–H groups in total. The number of benzene rings is 1. The molecule has 0 bridgehead atoms. The average Bonchev–Trinajstić information content (AvgIpc) is 2.91. The number of fused-ring (bicyclic) bond motifs is 3. The second kappa shape index (κ2) is 7.19. The van der Waals surface area contributed by atoms with Crippen LogP contribution in [0.3, 0.4) is 0 Å². The Kier molecular flexibility index (Phi) is 5.13. The molecule has 0 aromatic heterocycles. The Bertz CT molecular complexity index is 761. The van der Waals surface area contributed by atoms with Gasteiger partial charge in [0.1, 0.15) is 5.60 Å². The number of amides is 2. The van der Waals surface area contributed by atoms with Crippen molar-refractivity contribution in [2.45, 2.75) is 50.7 Å². The van der Waals surface area contributed by atoms with Crippen LogP contribution in [0.15, 0.2) is 28.1 Å². The molecule has 2 aliphatic rings. The number of aliphatic imine (C=N–C) groups is 1. The molecule has 0 saturated carbocycles. The molecule has 8 heteroatoms. The van der Waals surface area contributed by atoms with E-state index in [0.29, 0.717) is 0 Å². The minimum absolute atomic E-state index is 0.314. The number of nitrogens with zero attached hydrogens (tertiary/aromatic N) is 2. The molecular weight excluding hydrogens is 354 g/mol. The quantitative estimate of drug-likeness (QED) is 0.861. The van der Waals surface area contributed by atoms with Crippen molar-refractivity contribution in [2.24, 2.45) is 4.99 Å². The number of ether oxygens (including phenoxy) is 2. The summed E-state index contributed by atoms with van der Waals surface area (Å²) in [5.41, 5.74) is 1.02. The van der Waals surface area contributed by atoms with Gasteiger partial charge in [0.2, 0.25) is 0 Å². The molecule has 7 nitrogen and oxygen atoms in total. The van der Waals surface area contributed by atoms with Gasteiger partial charge in [-0.2, -0.15) is 0 Å². The monoisotopic (exact) mass is 377 g/mol. The van der Waals surface area contributed by atoms with Crippen molar-refractivity contribution in [3.8, 4) is 0 Å². The van der Waals surface area contributed by atoms with Crippen LogP contribution in [0.2, 0.25) is 0 Å². The lowest BCUT2D eigenvalue weighted by Gasteiger charge is -2.27. The van der Waals surface area contributed by atoms with Crippen LogP contribution in [-0.2, 0) is 15.1 Å². The molecule has 2 amide bonds. The predicted octanol–water partition coefficient (Wildman–Crippen LogP) is 3.86. The second-order valence-corrected chi connectivity index (χ2v) is 7.94. The van der Waals surface area contributed by atoms with Gasteiger partial charge >= 0.3 is 12.2 Å². The van der Waals surface area contributed by atoms with Crippen molar-refractivity contribution in [1.82, 2.24) is 5.32 Å². The van der Waals surface area contributed by atoms with Crippen molar-refractivity contribution in [1.29, 1.82) is 0 Å². The number of alkyl carbamates (subject to hydrolysis) is 2. The van der Waals surface area contributed by atoms with Crippen LogP contribution in [0.25, 0.3) is 0 Å². The van der Waals surface area contributed by atoms with Crippen LogP contribution in [0.5, 0.6) is 0 Å². The Morgan fingerprint density at radius 2 is 2.08 bits per heavy atom. The number of nitrogens with one attached hydrogen (secondary N) is 1. The molecule has 1 aromatic rings. The van der Waals surface area contributed by atoms with Gasteiger partial charge in [-0.25, -0.2) is 14.9 Å². The Morgan fingerprint density at radius 3 is 2.81 bits per heavy atom. The molecule has 0 radical (unpaired) electrons. The second-order valence-electron chi connectivity index (χ2n) is 6.93. The van der Waals surface area contributed by atoms with Crippen LogP contribution in [0.4, 0.5) is 15.3 Å². The van der Waals surface area contributed by atoms with E-state index in [1.54, 1.807) is 39.5 Å². The van der Waals surface area contributed by atoms with E-state index >= 15 is 0 Å². The van der Waals surface area contributed by atoms with Crippen LogP contribution in [0.1, 0.15) is 39.7 Å². The summed E-state index contributed by atoms with van der Waals surface area (Å²) in [6.45, 7) is 8.78. The first-order valence-electron chi connectivity index (χ1n) is 8.61. The normalized spacial score (nSPS) is 15.9. The molecule has 2 aliphatic heterocycles. The van der Waals surface area contributed by atoms with Crippen molar-refractivity contribution in [2.75, 3.05) is 18.0 Å². The number of rotatable bonds is 3. The van der Waals surface area contributed by atoms with Gasteiger partial charge in [0.05, 0.1) is 11.8 Å². The zero-order valence-electron chi connectivity index (χ0n) is 15.4. The molecule has 0 atom stereocenters. The maximum atomic E-state index is 12.0. The van der Waals surface area contributed by atoms with E-state index in [4.69, 9.17) is 9.47 Å². The van der Waals surface area contributed by atoms with E-state index in [1.807, 2.05) is 18.2 Å². The topological polar surface area (TPSA) is 80.2 Å². The number of hydrogen-bond donors (Lipinski definition) is 1. The Hall–Kier alpha value is -2.22. The molecule has 140 valence electrons. The van der Waals surface area contributed by atoms with E-state index in [9.17, 15) is 9.59 Å². The molecule has 1 aromatic carbocycles. The molecule has 0 aliphatic carbocycles. The maximum Gasteiger partial charge on any atom is 0.417 e. The van der Waals surface area contributed by atoms with Crippen molar-refractivity contribution in [3.63, 3.8) is 0 Å². The standard InChI is InChI=1S/C18H23N3O4S/c1-11(2)24-16(22)20-17(23)25-18(3,4)12-6-7-14-13(10-12)21-9-5-8-19-15(21)26-14/h6-7,10-11H,5,8-9H2,1-4H3,(H,20,22,23). The molecule has 2 heterocycles. The fourth-order valence-electron chi connectivity index (χ4n) is 2.83. The lowest BCUT2D eigenvalue weighted by Crippen LogP contribution is -2.37. The molecule has 0 spiro atoms. The fourth-order valence-corrected chi connectivity index (χ4v) is 3.89. The number of hydrogen-bond acceptors (Lipinski definition) is 7. The summed E-state index contributed by atoms with van der Waals surface area (Å²) in [5.74, 6) is 0. The number of carbonyl (C=O) groups is 2. The molecule has 3 rings (SSSR count). The van der Waals surface area contributed by atoms with Gasteiger partial charge in [-0.05, 0) is 63.6 Å². The van der Waals surface area contributed by atoms with E-state index < -0.39 is 17.8 Å². The minimum atomic E-state index is -0.905. The van der Waals surface area contributed by atoms with Gasteiger partial charge in [0.25, 0.3) is 0 Å². The summed E-state index contributed by atoms with van der Waals surface area (Å²) in [4.78, 5) is 31.5. The number of amidine groups is 1. The number of imide groups is 1. The first-order chi connectivity index (χ1) is 12.3. The van der Waals surface area contributed by atoms with Crippen LogP contribution in [-0.4, -0.2) is 36.5 Å². The smallest absolute Gasteiger partial charge is 0.417 e. The third-order valence-electron chi connectivity index (χ3n) is 4.06. The number of carbonyl (C=O) groups excluding carboxylic acids is 2. The summed E-state index contributed by atoms with van der Waals surface area (Å²) in [5, 5.41) is 3.10. The van der Waals surface area contributed by atoms with Crippen LogP contribution < -0.4 is 10.2 Å². The highest BCUT2D eigenvalue weighted by atomic mass is 32.2. The van der Waals surface area contributed by atoms with Crippen molar-refractivity contribution < 1.29 is 19.1 Å². The Balaban J connectivity index is 1.72. The third kappa shape index (κ3) is 3.95. The average molecular weight is 377 g/mol. The minimum Gasteiger partial charge on any atom is -0.446 e. The van der Waals surface area contributed by atoms with Crippen molar-refractivity contribution >= 4 is 34.8 Å². The number of anilines is 1. The molecule has 0 unspecified atom stereocenters. The molecular formula is C18H23N3O4S. The summed E-state index contributed by atoms with van der Waals surface area (Å²) < 4.78 is 10.4. The van der Waals surface area contributed by atoms with Gasteiger partial charge in [0.15, 0.2) is 5.17 Å². The zero-order valence-corrected chi connectivity index (χ0v) is 16.2. The highest BCUT2D eigenvalue weighted by Crippen LogP contribution is 2.43. The van der Waals surface area contributed by atoms with E-state index in [-0.39, 0.29) is 6.10 Å². The van der Waals surface area contributed by atoms with Crippen LogP contribution >= 0.6 is 11.8 Å². The Labute approximate surface area is 157 Å². The van der Waals surface area contributed by atoms with Gasteiger partial charge < -0.3 is 14.4 Å². The molecule has 0 saturated heterocycles. The largest absolute Gasteiger partial charge is 0.446 e. The van der Waals surface area contributed by atoms with E-state index in [1.165, 1.54) is 0 Å². The molecule has 0 fully saturated rings. The van der Waals surface area contributed by atoms with Crippen molar-refractivity contribution in [3.05, 3.63) is 23.8 Å². The highest BCUT2D eigenvalue weighted by Gasteiger charge is 2.32. The number of thioether (sulfide) groups is 1. The summed E-state index contributed by atoms with van der Waals surface area (Å²) in [6, 6.07) is 5.98. The fraction of sp³-hybridized carbons (Fsp3) is 0.500. The van der Waals surface area contributed by atoms with Gasteiger partial charge in [0, 0.05) is 18.0 Å². The van der Waals surface area contributed by atoms with E-state index in [0.717, 1.165) is 40.8 Å². The first-order valence-corrected chi connectivity index (χ1v) is 9.43. The predicted molar refractivity (Wildman–Crippen MR) is 101 cm³/mol. The first kappa shape index (κ1) is 18.6. The summed E-state index contributed by atoms with van der Waals surface area (Å²) >= 11 is 1.66. The SMILES string of the molecule is CC(C)OC(=O)NC(=O)OC(C)(C)c1ccc2c(c1)N1CCCN=C1S2. The summed E-state index contributed by atoms with van der Waals surface area (Å²) in [7, 11) is 0. The lowest BCUT2D eigenvalue weighted by atomic mass is 9.97. The summed E-state index contributed by atoms with van der Waals surface area (Å²) in [6.07, 6.45) is -0.949. The lowest BCUT2D eigenvalue weighted by molar-refractivity contribution is 0.0341.